The fourth-order valence-corrected chi connectivity index (χ4v) is 2.69. The van der Waals surface area contributed by atoms with Gasteiger partial charge in [0.2, 0.25) is 10.0 Å². The van der Waals surface area contributed by atoms with E-state index < -0.39 is 38.8 Å². The number of aromatic amines is 1. The van der Waals surface area contributed by atoms with Crippen LogP contribution in [0.5, 0.6) is 0 Å². The highest BCUT2D eigenvalue weighted by Crippen LogP contribution is 2.22. The number of hydrogen-bond acceptors (Lipinski definition) is 4. The number of halogens is 3. The van der Waals surface area contributed by atoms with Gasteiger partial charge in [0.15, 0.2) is 0 Å². The maximum Gasteiger partial charge on any atom is 0.404 e. The maximum atomic E-state index is 12.4. The smallest absolute Gasteiger partial charge is 0.404 e. The van der Waals surface area contributed by atoms with E-state index >= 15 is 0 Å². The minimum Gasteiger partial charge on any atom is -0.461 e. The van der Waals surface area contributed by atoms with Crippen molar-refractivity contribution >= 4 is 16.0 Å². The lowest BCUT2D eigenvalue weighted by atomic mass is 10.4. The van der Waals surface area contributed by atoms with Crippen LogP contribution in [0.15, 0.2) is 17.2 Å². The summed E-state index contributed by atoms with van der Waals surface area (Å²) in [5.74, 6) is -0.961. The third kappa shape index (κ3) is 3.73. The van der Waals surface area contributed by atoms with Gasteiger partial charge >= 0.3 is 12.1 Å². The Hall–Kier alpha value is -1.55. The van der Waals surface area contributed by atoms with Gasteiger partial charge in [0.05, 0.1) is 6.61 Å². The van der Waals surface area contributed by atoms with Crippen molar-refractivity contribution < 1.29 is 31.1 Å². The van der Waals surface area contributed by atoms with Crippen molar-refractivity contribution in [1.29, 1.82) is 0 Å². The van der Waals surface area contributed by atoms with Crippen molar-refractivity contribution in [1.82, 2.24) is 9.71 Å². The van der Waals surface area contributed by atoms with Crippen LogP contribution in [0.4, 0.5) is 13.2 Å². The van der Waals surface area contributed by atoms with E-state index in [2.05, 4.69) is 9.72 Å². The highest BCUT2D eigenvalue weighted by molar-refractivity contribution is 7.89. The lowest BCUT2D eigenvalue weighted by Crippen LogP contribution is -2.43. The van der Waals surface area contributed by atoms with E-state index in [1.165, 1.54) is 11.6 Å². The number of aromatic nitrogens is 1. The number of sulfonamides is 1. The summed E-state index contributed by atoms with van der Waals surface area (Å²) >= 11 is 0. The number of H-pyrrole nitrogens is 1. The molecule has 1 atom stereocenters. The quantitative estimate of drug-likeness (QED) is 0.805. The monoisotopic (exact) mass is 314 g/mol. The Morgan fingerprint density at radius 1 is 1.50 bits per heavy atom. The molecule has 1 rings (SSSR count). The van der Waals surface area contributed by atoms with E-state index in [0.717, 1.165) is 12.3 Å². The van der Waals surface area contributed by atoms with Gasteiger partial charge in [-0.15, -0.1) is 0 Å². The molecule has 0 unspecified atom stereocenters. The molecule has 6 nitrogen and oxygen atoms in total. The average molecular weight is 314 g/mol. The van der Waals surface area contributed by atoms with E-state index in [4.69, 9.17) is 0 Å². The Morgan fingerprint density at radius 3 is 2.60 bits per heavy atom. The van der Waals surface area contributed by atoms with Crippen LogP contribution in [0.1, 0.15) is 24.3 Å². The Bertz CT molecular complexity index is 580. The number of rotatable bonds is 5. The number of alkyl halides is 3. The summed E-state index contributed by atoms with van der Waals surface area (Å²) in [6.45, 7) is 2.18. The lowest BCUT2D eigenvalue weighted by Gasteiger charge is -2.17. The van der Waals surface area contributed by atoms with Gasteiger partial charge in [-0.1, -0.05) is 0 Å². The zero-order chi connectivity index (χ0) is 15.6. The molecule has 0 radical (unpaired) electrons. The number of esters is 1. The summed E-state index contributed by atoms with van der Waals surface area (Å²) < 4.78 is 66.9. The molecule has 1 aromatic rings. The molecule has 114 valence electrons. The summed E-state index contributed by atoms with van der Waals surface area (Å²) in [6.07, 6.45) is -3.60. The van der Waals surface area contributed by atoms with Gasteiger partial charge in [-0.2, -0.15) is 17.9 Å². The van der Waals surface area contributed by atoms with Gasteiger partial charge in [-0.3, -0.25) is 0 Å². The van der Waals surface area contributed by atoms with Gasteiger partial charge in [0.1, 0.15) is 16.6 Å². The van der Waals surface area contributed by atoms with Crippen molar-refractivity contribution in [2.24, 2.45) is 0 Å². The van der Waals surface area contributed by atoms with Gasteiger partial charge in [-0.05, 0) is 19.9 Å². The fourth-order valence-electron chi connectivity index (χ4n) is 1.30. The fraction of sp³-hybridized carbons (Fsp3) is 0.500. The normalized spacial score (nSPS) is 14.1. The number of ether oxygens (including phenoxy) is 1. The molecule has 0 fully saturated rings. The molecule has 2 N–H and O–H groups in total. The minimum atomic E-state index is -4.73. The summed E-state index contributed by atoms with van der Waals surface area (Å²) in [6, 6.07) is -1.30. The molecule has 10 heteroatoms. The van der Waals surface area contributed by atoms with Crippen LogP contribution < -0.4 is 4.72 Å². The molecule has 0 amide bonds. The average Bonchev–Trinajstić information content (AvgIpc) is 2.76. The molecule has 0 saturated carbocycles. The Kier molecular flexibility index (Phi) is 4.81. The van der Waals surface area contributed by atoms with Crippen LogP contribution >= 0.6 is 0 Å². The second-order valence-electron chi connectivity index (χ2n) is 3.82. The first-order valence-corrected chi connectivity index (χ1v) is 7.01. The van der Waals surface area contributed by atoms with Crippen molar-refractivity contribution in [2.45, 2.75) is 31.0 Å². The van der Waals surface area contributed by atoms with E-state index in [-0.39, 0.29) is 6.61 Å². The second-order valence-corrected chi connectivity index (χ2v) is 5.50. The molecule has 0 aliphatic heterocycles. The number of nitrogens with one attached hydrogen (secondary N) is 2. The predicted molar refractivity (Wildman–Crippen MR) is 62.6 cm³/mol. The van der Waals surface area contributed by atoms with Gasteiger partial charge in [0, 0.05) is 6.20 Å². The van der Waals surface area contributed by atoms with Crippen LogP contribution in [0.3, 0.4) is 0 Å². The first kappa shape index (κ1) is 16.5. The zero-order valence-electron chi connectivity index (χ0n) is 10.6. The molecular weight excluding hydrogens is 301 g/mol. The molecule has 0 spiro atoms. The Balaban J connectivity index is 3.06. The molecule has 0 aliphatic rings. The van der Waals surface area contributed by atoms with E-state index in [1.807, 2.05) is 0 Å². The minimum absolute atomic E-state index is 0.00369. The van der Waals surface area contributed by atoms with Gasteiger partial charge < -0.3 is 9.72 Å². The van der Waals surface area contributed by atoms with Crippen LogP contribution in [-0.2, 0) is 14.8 Å². The van der Waals surface area contributed by atoms with Crippen LogP contribution in [0.25, 0.3) is 0 Å². The van der Waals surface area contributed by atoms with Gasteiger partial charge in [-0.25, -0.2) is 13.2 Å². The molecule has 0 bridgehead atoms. The Labute approximate surface area is 113 Å². The molecule has 0 aromatic carbocycles. The van der Waals surface area contributed by atoms with Crippen LogP contribution in [0.2, 0.25) is 0 Å². The highest BCUT2D eigenvalue weighted by Gasteiger charge is 2.39. The number of hydrogen-bond donors (Lipinski definition) is 2. The van der Waals surface area contributed by atoms with Crippen molar-refractivity contribution in [3.63, 3.8) is 0 Å². The molecular formula is C10H13F3N2O4S. The number of carbonyl (C=O) groups excluding carboxylic acids is 1. The zero-order valence-corrected chi connectivity index (χ0v) is 11.4. The van der Waals surface area contributed by atoms with Crippen molar-refractivity contribution in [3.05, 3.63) is 18.0 Å². The van der Waals surface area contributed by atoms with Gasteiger partial charge in [0.25, 0.3) is 0 Å². The highest BCUT2D eigenvalue weighted by atomic mass is 32.2. The predicted octanol–water partition coefficient (Wildman–Crippen LogP) is 1.42. The third-order valence-corrected chi connectivity index (χ3v) is 3.88. The summed E-state index contributed by atoms with van der Waals surface area (Å²) in [5, 5.41) is 0. The Morgan fingerprint density at radius 2 is 2.10 bits per heavy atom. The summed E-state index contributed by atoms with van der Waals surface area (Å²) in [7, 11) is -4.50. The first-order valence-electron chi connectivity index (χ1n) is 5.53. The summed E-state index contributed by atoms with van der Waals surface area (Å²) in [4.78, 5) is 13.2. The van der Waals surface area contributed by atoms with Crippen LogP contribution in [-0.4, -0.2) is 38.2 Å². The standard InChI is InChI=1S/C10H13F3N2O4S/c1-3-19-9(16)8-7(4-5-14-8)20(17,18)15-6(2)10(11,12)13/h4-6,14-15H,3H2,1-2H3/t6-/m1/s1. The molecule has 1 aromatic heterocycles. The van der Waals surface area contributed by atoms with E-state index in [0.29, 0.717) is 6.92 Å². The van der Waals surface area contributed by atoms with Crippen LogP contribution in [0, 0.1) is 0 Å². The third-order valence-electron chi connectivity index (χ3n) is 2.30. The molecule has 20 heavy (non-hydrogen) atoms. The maximum absolute atomic E-state index is 12.4. The molecule has 1 heterocycles. The topological polar surface area (TPSA) is 88.3 Å². The SMILES string of the molecule is CCOC(=O)c1[nH]ccc1S(=O)(=O)N[C@H](C)C(F)(F)F. The van der Waals surface area contributed by atoms with Crippen molar-refractivity contribution in [3.8, 4) is 0 Å². The lowest BCUT2D eigenvalue weighted by molar-refractivity contribution is -0.147. The van der Waals surface area contributed by atoms with E-state index in [1.54, 1.807) is 0 Å². The van der Waals surface area contributed by atoms with E-state index in [9.17, 15) is 26.4 Å². The largest absolute Gasteiger partial charge is 0.461 e. The summed E-state index contributed by atoms with van der Waals surface area (Å²) in [5.41, 5.74) is -0.422. The second kappa shape index (κ2) is 5.83. The van der Waals surface area contributed by atoms with Crippen molar-refractivity contribution in [2.75, 3.05) is 6.61 Å². The number of carbonyl (C=O) groups is 1. The molecule has 0 aliphatic carbocycles. The molecule has 0 saturated heterocycles. The first-order chi connectivity index (χ1) is 9.09.